The molecule has 4 N–H and O–H groups in total. The van der Waals surface area contributed by atoms with E-state index in [1.807, 2.05) is 0 Å². The smallest absolute Gasteiger partial charge is 0.369 e. The molecule has 0 saturated heterocycles. The van der Waals surface area contributed by atoms with Crippen LogP contribution in [-0.2, 0) is 14.4 Å². The first-order valence-corrected chi connectivity index (χ1v) is 12.7. The first-order chi connectivity index (χ1) is 18.6. The molecule has 1 aliphatic rings. The topological polar surface area (TPSA) is 105 Å². The molecule has 0 radical (unpaired) electrons. The van der Waals surface area contributed by atoms with Crippen molar-refractivity contribution >= 4 is 58.0 Å². The molecular weight excluding hydrogens is 589 g/mol. The molecule has 2 aromatic carbocycles. The third-order valence-electron chi connectivity index (χ3n) is 6.31. The van der Waals surface area contributed by atoms with Crippen LogP contribution in [0.15, 0.2) is 42.5 Å². The van der Waals surface area contributed by atoms with Gasteiger partial charge in [0.15, 0.2) is 0 Å². The molecule has 3 amide bonds. The molecule has 0 aliphatic carbocycles. The summed E-state index contributed by atoms with van der Waals surface area (Å²) in [6.45, 7) is -0.263. The number of fused-ring (bicyclic) bond motifs is 1. The Morgan fingerprint density at radius 1 is 1.00 bits per heavy atom. The van der Waals surface area contributed by atoms with Gasteiger partial charge in [-0.25, -0.2) is 0 Å². The van der Waals surface area contributed by atoms with Crippen LogP contribution < -0.4 is 21.3 Å². The van der Waals surface area contributed by atoms with Crippen molar-refractivity contribution in [3.05, 3.63) is 52.5 Å². The maximum atomic E-state index is 13.3. The van der Waals surface area contributed by atoms with E-state index in [4.69, 9.17) is 28.9 Å². The van der Waals surface area contributed by atoms with Gasteiger partial charge in [-0.2, -0.15) is 26.3 Å². The van der Waals surface area contributed by atoms with Crippen LogP contribution >= 0.6 is 23.2 Å². The van der Waals surface area contributed by atoms with Gasteiger partial charge in [0.2, 0.25) is 17.7 Å². The second-order valence-electron chi connectivity index (χ2n) is 9.20. The van der Waals surface area contributed by atoms with Crippen LogP contribution in [-0.4, -0.2) is 42.7 Å². The lowest BCUT2D eigenvalue weighted by Crippen LogP contribution is -2.52. The summed E-state index contributed by atoms with van der Waals surface area (Å²) in [6, 6.07) is 9.74. The van der Waals surface area contributed by atoms with Crippen molar-refractivity contribution in [2.75, 3.05) is 16.8 Å². The summed E-state index contributed by atoms with van der Waals surface area (Å²) >= 11 is 12.4. The monoisotopic (exact) mass is 612 g/mol. The lowest BCUT2D eigenvalue weighted by Gasteiger charge is -2.29. The molecule has 0 saturated carbocycles. The highest BCUT2D eigenvalue weighted by atomic mass is 35.5. The van der Waals surface area contributed by atoms with Crippen LogP contribution in [0.4, 0.5) is 43.4 Å². The fourth-order valence-corrected chi connectivity index (χ4v) is 4.81. The minimum absolute atomic E-state index is 0.147. The van der Waals surface area contributed by atoms with Gasteiger partial charge in [0, 0.05) is 35.4 Å². The Morgan fingerprint density at radius 3 is 2.17 bits per heavy atom. The third kappa shape index (κ3) is 8.40. The number of alkyl halides is 6. The second-order valence-corrected chi connectivity index (χ2v) is 10.0. The number of benzene rings is 2. The minimum Gasteiger partial charge on any atom is -0.369 e. The Kier molecular flexibility index (Phi) is 9.83. The predicted octanol–water partition coefficient (Wildman–Crippen LogP) is 5.97. The van der Waals surface area contributed by atoms with Gasteiger partial charge in [-0.3, -0.25) is 14.4 Å². The molecule has 3 rings (SSSR count). The van der Waals surface area contributed by atoms with Crippen LogP contribution in [0.25, 0.3) is 0 Å². The van der Waals surface area contributed by atoms with Crippen molar-refractivity contribution in [3.63, 3.8) is 0 Å². The number of nitrogens with one attached hydrogen (secondary N) is 2. The van der Waals surface area contributed by atoms with E-state index in [1.54, 1.807) is 41.3 Å². The fraction of sp³-hybridized carbons (Fsp3) is 0.400. The highest BCUT2D eigenvalue weighted by Crippen LogP contribution is 2.40. The normalized spacial score (nSPS) is 17.4. The summed E-state index contributed by atoms with van der Waals surface area (Å²) in [4.78, 5) is 40.0. The van der Waals surface area contributed by atoms with Crippen molar-refractivity contribution in [2.24, 2.45) is 17.6 Å². The first kappa shape index (κ1) is 31.3. The van der Waals surface area contributed by atoms with Gasteiger partial charge >= 0.3 is 12.4 Å². The SMILES string of the molecule is NC(=O)[C@@H](CCC(F)(F)F)[C@@H](CCC(F)(F)F)C(=O)N[C@H]1CN(c2cccc(Cl)c2)c2cccc(Cl)c2NC1=O. The number of nitrogens with two attached hydrogens (primary N) is 1. The van der Waals surface area contributed by atoms with Gasteiger partial charge in [-0.15, -0.1) is 0 Å². The van der Waals surface area contributed by atoms with E-state index in [9.17, 15) is 40.7 Å². The van der Waals surface area contributed by atoms with Crippen molar-refractivity contribution in [1.29, 1.82) is 0 Å². The van der Waals surface area contributed by atoms with Crippen LogP contribution in [0.3, 0.4) is 0 Å². The quantitative estimate of drug-likeness (QED) is 0.303. The number of amides is 3. The molecule has 2 aromatic rings. The van der Waals surface area contributed by atoms with Crippen molar-refractivity contribution in [1.82, 2.24) is 5.32 Å². The van der Waals surface area contributed by atoms with E-state index >= 15 is 0 Å². The third-order valence-corrected chi connectivity index (χ3v) is 6.86. The predicted molar refractivity (Wildman–Crippen MR) is 137 cm³/mol. The Labute approximate surface area is 235 Å². The Morgan fingerprint density at radius 2 is 1.60 bits per heavy atom. The number of para-hydroxylation sites is 1. The zero-order chi connectivity index (χ0) is 29.8. The van der Waals surface area contributed by atoms with Gasteiger partial charge in [-0.1, -0.05) is 35.3 Å². The number of nitrogens with zero attached hydrogens (tertiary/aromatic N) is 1. The maximum absolute atomic E-state index is 13.3. The van der Waals surface area contributed by atoms with Gasteiger partial charge in [0.05, 0.1) is 22.9 Å². The average molecular weight is 613 g/mol. The lowest BCUT2D eigenvalue weighted by atomic mass is 9.83. The summed E-state index contributed by atoms with van der Waals surface area (Å²) in [5.41, 5.74) is 6.30. The molecule has 1 heterocycles. The van der Waals surface area contributed by atoms with Crippen molar-refractivity contribution in [2.45, 2.75) is 44.1 Å². The van der Waals surface area contributed by atoms with E-state index < -0.39 is 73.6 Å². The van der Waals surface area contributed by atoms with Crippen LogP contribution in [0, 0.1) is 11.8 Å². The van der Waals surface area contributed by atoms with E-state index in [0.29, 0.717) is 16.4 Å². The van der Waals surface area contributed by atoms with E-state index in [-0.39, 0.29) is 17.3 Å². The Balaban J connectivity index is 1.96. The van der Waals surface area contributed by atoms with Crippen molar-refractivity contribution in [3.8, 4) is 0 Å². The highest BCUT2D eigenvalue weighted by molar-refractivity contribution is 6.35. The molecule has 218 valence electrons. The molecule has 0 spiro atoms. The molecule has 15 heteroatoms. The van der Waals surface area contributed by atoms with E-state index in [2.05, 4.69) is 10.6 Å². The zero-order valence-electron chi connectivity index (χ0n) is 20.6. The summed E-state index contributed by atoms with van der Waals surface area (Å²) < 4.78 is 77.7. The number of hydrogen-bond donors (Lipinski definition) is 3. The highest BCUT2D eigenvalue weighted by Gasteiger charge is 2.41. The van der Waals surface area contributed by atoms with E-state index in [0.717, 1.165) is 0 Å². The maximum Gasteiger partial charge on any atom is 0.389 e. The molecule has 7 nitrogen and oxygen atoms in total. The summed E-state index contributed by atoms with van der Waals surface area (Å²) in [6.07, 6.45) is -14.6. The molecule has 40 heavy (non-hydrogen) atoms. The second kappa shape index (κ2) is 12.5. The molecule has 1 aliphatic heterocycles. The molecule has 0 aromatic heterocycles. The molecule has 0 unspecified atom stereocenters. The molecular formula is C25H24Cl2F6N4O3. The fourth-order valence-electron chi connectivity index (χ4n) is 4.41. The Bertz CT molecular complexity index is 1260. The number of carbonyl (C=O) groups excluding carboxylic acids is 3. The van der Waals surface area contributed by atoms with Crippen molar-refractivity contribution < 1.29 is 40.7 Å². The van der Waals surface area contributed by atoms with Crippen LogP contribution in [0.5, 0.6) is 0 Å². The minimum atomic E-state index is -4.77. The van der Waals surface area contributed by atoms with Gasteiger partial charge in [-0.05, 0) is 43.2 Å². The number of halogens is 8. The van der Waals surface area contributed by atoms with Crippen LogP contribution in [0.2, 0.25) is 10.0 Å². The Hall–Kier alpha value is -3.19. The number of primary amides is 1. The molecule has 0 fully saturated rings. The van der Waals surface area contributed by atoms with Crippen LogP contribution in [0.1, 0.15) is 25.7 Å². The first-order valence-electron chi connectivity index (χ1n) is 11.9. The molecule has 3 atom stereocenters. The zero-order valence-corrected chi connectivity index (χ0v) is 22.1. The number of carbonyl (C=O) groups is 3. The largest absolute Gasteiger partial charge is 0.389 e. The summed E-state index contributed by atoms with van der Waals surface area (Å²) in [5.74, 6) is -7.14. The summed E-state index contributed by atoms with van der Waals surface area (Å²) in [7, 11) is 0. The number of rotatable bonds is 9. The lowest BCUT2D eigenvalue weighted by molar-refractivity contribution is -0.152. The van der Waals surface area contributed by atoms with Gasteiger partial charge < -0.3 is 21.3 Å². The average Bonchev–Trinajstić information content (AvgIpc) is 2.97. The molecule has 0 bridgehead atoms. The van der Waals surface area contributed by atoms with Gasteiger partial charge in [0.25, 0.3) is 0 Å². The number of anilines is 3. The number of hydrogen-bond acceptors (Lipinski definition) is 4. The summed E-state index contributed by atoms with van der Waals surface area (Å²) in [5, 5.41) is 5.38. The standard InChI is InChI=1S/C25H24Cl2F6N4O3/c26-13-3-1-4-14(11-13)37-12-18(23(40)36-20-17(27)5-2-6-19(20)37)35-22(39)16(8-10-25(31,32)33)15(21(34)38)7-9-24(28,29)30/h1-6,11,15-16,18H,7-10,12H2,(H2,34,38)(H,35,39)(H,36,40)/t15-,16+,18-/m0/s1. The van der Waals surface area contributed by atoms with E-state index in [1.165, 1.54) is 6.07 Å². The van der Waals surface area contributed by atoms with Gasteiger partial charge in [0.1, 0.15) is 6.04 Å².